The number of carbonyl (C=O) groups excluding carboxylic acids is 1. The number of ether oxygens (including phenoxy) is 2. The van der Waals surface area contributed by atoms with E-state index in [1.807, 2.05) is 26.0 Å². The van der Waals surface area contributed by atoms with Crippen molar-refractivity contribution in [3.63, 3.8) is 0 Å². The van der Waals surface area contributed by atoms with Gasteiger partial charge in [0.15, 0.2) is 18.1 Å². The molecule has 0 bridgehead atoms. The molecule has 21 heavy (non-hydrogen) atoms. The molecule has 0 saturated carbocycles. The zero-order valence-electron chi connectivity index (χ0n) is 12.0. The van der Waals surface area contributed by atoms with Crippen molar-refractivity contribution in [3.8, 4) is 11.5 Å². The predicted molar refractivity (Wildman–Crippen MR) is 76.0 cm³/mol. The molecule has 0 radical (unpaired) electrons. The van der Waals surface area contributed by atoms with Gasteiger partial charge in [0.05, 0.1) is 12.6 Å². The van der Waals surface area contributed by atoms with Crippen molar-refractivity contribution in [2.24, 2.45) is 0 Å². The second kappa shape index (κ2) is 7.28. The lowest BCUT2D eigenvalue weighted by Gasteiger charge is -2.13. The van der Waals surface area contributed by atoms with Crippen molar-refractivity contribution < 1.29 is 14.3 Å². The molecule has 1 heterocycles. The van der Waals surface area contributed by atoms with Gasteiger partial charge in [-0.3, -0.25) is 9.89 Å². The first-order chi connectivity index (χ1) is 10.2. The summed E-state index contributed by atoms with van der Waals surface area (Å²) < 4.78 is 10.9. The van der Waals surface area contributed by atoms with E-state index in [1.165, 1.54) is 6.33 Å². The third-order valence-electron chi connectivity index (χ3n) is 2.73. The molecule has 0 fully saturated rings. The smallest absolute Gasteiger partial charge is 0.258 e. The number of hydrogen-bond acceptors (Lipinski definition) is 5. The molecular formula is C14H18N4O3. The van der Waals surface area contributed by atoms with E-state index in [1.54, 1.807) is 12.1 Å². The quantitative estimate of drug-likeness (QED) is 0.806. The van der Waals surface area contributed by atoms with Crippen molar-refractivity contribution in [1.82, 2.24) is 20.5 Å². The highest BCUT2D eigenvalue weighted by molar-refractivity contribution is 5.77. The van der Waals surface area contributed by atoms with Gasteiger partial charge in [0, 0.05) is 0 Å². The third kappa shape index (κ3) is 4.20. The minimum absolute atomic E-state index is 0.0947. The molecule has 0 aliphatic carbocycles. The average molecular weight is 290 g/mol. The Balaban J connectivity index is 1.86. The Hall–Kier alpha value is -2.57. The zero-order chi connectivity index (χ0) is 15.1. The van der Waals surface area contributed by atoms with Gasteiger partial charge in [0.25, 0.3) is 5.91 Å². The standard InChI is InChI=1S/C14H18N4O3/c1-3-20-11-6-4-5-7-12(11)21-8-13(19)17-10(2)14-15-9-16-18-14/h4-7,9-10H,3,8H2,1-2H3,(H,17,19)(H,15,16,18). The Bertz CT molecular complexity index is 571. The van der Waals surface area contributed by atoms with Crippen LogP contribution in [0, 0.1) is 0 Å². The van der Waals surface area contributed by atoms with Crippen molar-refractivity contribution in [1.29, 1.82) is 0 Å². The first-order valence-corrected chi connectivity index (χ1v) is 6.70. The molecule has 7 nitrogen and oxygen atoms in total. The summed E-state index contributed by atoms with van der Waals surface area (Å²) in [6.45, 7) is 4.15. The maximum absolute atomic E-state index is 11.9. The van der Waals surface area contributed by atoms with Crippen LogP contribution in [-0.2, 0) is 4.79 Å². The van der Waals surface area contributed by atoms with Crippen LogP contribution in [0.1, 0.15) is 25.7 Å². The van der Waals surface area contributed by atoms with Gasteiger partial charge in [-0.15, -0.1) is 0 Å². The van der Waals surface area contributed by atoms with E-state index in [0.29, 0.717) is 23.9 Å². The van der Waals surface area contributed by atoms with Gasteiger partial charge in [-0.05, 0) is 26.0 Å². The maximum atomic E-state index is 11.9. The zero-order valence-corrected chi connectivity index (χ0v) is 12.0. The highest BCUT2D eigenvalue weighted by Crippen LogP contribution is 2.26. The topological polar surface area (TPSA) is 89.1 Å². The lowest BCUT2D eigenvalue weighted by molar-refractivity contribution is -0.123. The molecule has 0 spiro atoms. The number of carbonyl (C=O) groups is 1. The molecule has 0 aliphatic heterocycles. The van der Waals surface area contributed by atoms with Crippen LogP contribution in [0.25, 0.3) is 0 Å². The van der Waals surface area contributed by atoms with Crippen LogP contribution in [0.5, 0.6) is 11.5 Å². The maximum Gasteiger partial charge on any atom is 0.258 e. The highest BCUT2D eigenvalue weighted by Gasteiger charge is 2.13. The van der Waals surface area contributed by atoms with Gasteiger partial charge in [0.2, 0.25) is 0 Å². The van der Waals surface area contributed by atoms with Gasteiger partial charge in [-0.2, -0.15) is 5.10 Å². The number of para-hydroxylation sites is 2. The van der Waals surface area contributed by atoms with Crippen LogP contribution >= 0.6 is 0 Å². The average Bonchev–Trinajstić information content (AvgIpc) is 3.01. The Morgan fingerprint density at radius 3 is 2.67 bits per heavy atom. The molecule has 0 aliphatic rings. The Morgan fingerprint density at radius 1 is 1.33 bits per heavy atom. The molecule has 112 valence electrons. The van der Waals surface area contributed by atoms with E-state index in [4.69, 9.17) is 9.47 Å². The van der Waals surface area contributed by atoms with Gasteiger partial charge in [0.1, 0.15) is 12.2 Å². The van der Waals surface area contributed by atoms with E-state index in [0.717, 1.165) is 0 Å². The molecule has 1 unspecified atom stereocenters. The van der Waals surface area contributed by atoms with Crippen molar-refractivity contribution in [2.75, 3.05) is 13.2 Å². The Kier molecular flexibility index (Phi) is 5.14. The lowest BCUT2D eigenvalue weighted by Crippen LogP contribution is -2.31. The van der Waals surface area contributed by atoms with Crippen molar-refractivity contribution >= 4 is 5.91 Å². The number of hydrogen-bond donors (Lipinski definition) is 2. The minimum Gasteiger partial charge on any atom is -0.490 e. The second-order valence-electron chi connectivity index (χ2n) is 4.33. The summed E-state index contributed by atoms with van der Waals surface area (Å²) in [6.07, 6.45) is 1.40. The molecule has 1 atom stereocenters. The number of aromatic nitrogens is 3. The van der Waals surface area contributed by atoms with Gasteiger partial charge in [-0.25, -0.2) is 4.98 Å². The molecular weight excluding hydrogens is 272 g/mol. The summed E-state index contributed by atoms with van der Waals surface area (Å²) in [5.74, 6) is 1.51. The van der Waals surface area contributed by atoms with E-state index in [-0.39, 0.29) is 18.6 Å². The molecule has 7 heteroatoms. The fourth-order valence-corrected chi connectivity index (χ4v) is 1.76. The predicted octanol–water partition coefficient (Wildman–Crippen LogP) is 1.46. The number of nitrogens with zero attached hydrogens (tertiary/aromatic N) is 2. The van der Waals surface area contributed by atoms with Crippen LogP contribution in [0.15, 0.2) is 30.6 Å². The summed E-state index contributed by atoms with van der Waals surface area (Å²) in [4.78, 5) is 15.8. The summed E-state index contributed by atoms with van der Waals surface area (Å²) in [5.41, 5.74) is 0. The molecule has 2 N–H and O–H groups in total. The van der Waals surface area contributed by atoms with Crippen LogP contribution in [-0.4, -0.2) is 34.3 Å². The molecule has 1 aromatic carbocycles. The molecule has 2 aromatic rings. The minimum atomic E-state index is -0.259. The molecule has 1 amide bonds. The first kappa shape index (κ1) is 14.8. The summed E-state index contributed by atoms with van der Waals surface area (Å²) in [7, 11) is 0. The second-order valence-corrected chi connectivity index (χ2v) is 4.33. The van der Waals surface area contributed by atoms with Crippen LogP contribution < -0.4 is 14.8 Å². The number of rotatable bonds is 7. The van der Waals surface area contributed by atoms with E-state index in [2.05, 4.69) is 20.5 Å². The largest absolute Gasteiger partial charge is 0.490 e. The number of amides is 1. The third-order valence-corrected chi connectivity index (χ3v) is 2.73. The van der Waals surface area contributed by atoms with Crippen molar-refractivity contribution in [2.45, 2.75) is 19.9 Å². The number of nitrogens with one attached hydrogen (secondary N) is 2. The number of benzene rings is 1. The Morgan fingerprint density at radius 2 is 2.05 bits per heavy atom. The summed E-state index contributed by atoms with van der Waals surface area (Å²) >= 11 is 0. The summed E-state index contributed by atoms with van der Waals surface area (Å²) in [5, 5.41) is 9.21. The normalized spacial score (nSPS) is 11.7. The monoisotopic (exact) mass is 290 g/mol. The van der Waals surface area contributed by atoms with E-state index in [9.17, 15) is 4.79 Å². The van der Waals surface area contributed by atoms with Gasteiger partial charge < -0.3 is 14.8 Å². The number of aromatic amines is 1. The summed E-state index contributed by atoms with van der Waals surface area (Å²) in [6, 6.07) is 6.98. The molecule has 2 rings (SSSR count). The van der Waals surface area contributed by atoms with Gasteiger partial charge >= 0.3 is 0 Å². The highest BCUT2D eigenvalue weighted by atomic mass is 16.5. The van der Waals surface area contributed by atoms with E-state index < -0.39 is 0 Å². The van der Waals surface area contributed by atoms with Crippen molar-refractivity contribution in [3.05, 3.63) is 36.4 Å². The fourth-order valence-electron chi connectivity index (χ4n) is 1.76. The fraction of sp³-hybridized carbons (Fsp3) is 0.357. The van der Waals surface area contributed by atoms with Gasteiger partial charge in [-0.1, -0.05) is 12.1 Å². The van der Waals surface area contributed by atoms with E-state index >= 15 is 0 Å². The number of H-pyrrole nitrogens is 1. The van der Waals surface area contributed by atoms with Crippen LogP contribution in [0.4, 0.5) is 0 Å². The lowest BCUT2D eigenvalue weighted by atomic mass is 10.3. The van der Waals surface area contributed by atoms with Crippen LogP contribution in [0.2, 0.25) is 0 Å². The SMILES string of the molecule is CCOc1ccccc1OCC(=O)NC(C)c1ncn[nH]1. The Labute approximate surface area is 122 Å². The first-order valence-electron chi connectivity index (χ1n) is 6.70. The van der Waals surface area contributed by atoms with Crippen LogP contribution in [0.3, 0.4) is 0 Å². The molecule has 0 saturated heterocycles. The molecule has 1 aromatic heterocycles.